The summed E-state index contributed by atoms with van der Waals surface area (Å²) in [6.07, 6.45) is 1.39. The van der Waals surface area contributed by atoms with Gasteiger partial charge in [0.2, 0.25) is 15.9 Å². The molecule has 126 valence electrons. The molecule has 7 heteroatoms. The number of hydrogen-bond acceptors (Lipinski definition) is 4. The zero-order chi connectivity index (χ0) is 17.0. The zero-order valence-electron chi connectivity index (χ0n) is 13.4. The van der Waals surface area contributed by atoms with E-state index in [0.717, 1.165) is 5.56 Å². The second-order valence-electron chi connectivity index (χ2n) is 5.97. The maximum Gasteiger partial charge on any atom is 0.256 e. The van der Waals surface area contributed by atoms with E-state index in [1.165, 1.54) is 18.7 Å². The Hall–Kier alpha value is -1.89. The number of carbonyl (C=O) groups is 2. The van der Waals surface area contributed by atoms with Crippen LogP contribution >= 0.6 is 0 Å². The Bertz CT molecular complexity index is 671. The minimum Gasteiger partial charge on any atom is -0.330 e. The number of amides is 2. The fourth-order valence-corrected chi connectivity index (χ4v) is 3.19. The Morgan fingerprint density at radius 1 is 1.26 bits per heavy atom. The smallest absolute Gasteiger partial charge is 0.256 e. The van der Waals surface area contributed by atoms with Crippen molar-refractivity contribution >= 4 is 21.8 Å². The summed E-state index contributed by atoms with van der Waals surface area (Å²) in [5.41, 5.74) is 0.873. The summed E-state index contributed by atoms with van der Waals surface area (Å²) < 4.78 is 25.7. The van der Waals surface area contributed by atoms with E-state index >= 15 is 0 Å². The van der Waals surface area contributed by atoms with Crippen LogP contribution in [-0.4, -0.2) is 43.0 Å². The predicted molar refractivity (Wildman–Crippen MR) is 87.1 cm³/mol. The highest BCUT2D eigenvalue weighted by atomic mass is 32.2. The van der Waals surface area contributed by atoms with E-state index in [1.54, 1.807) is 0 Å². The van der Waals surface area contributed by atoms with Gasteiger partial charge < -0.3 is 4.90 Å². The van der Waals surface area contributed by atoms with Crippen LogP contribution in [0, 0.1) is 0 Å². The van der Waals surface area contributed by atoms with Gasteiger partial charge >= 0.3 is 0 Å². The van der Waals surface area contributed by atoms with Crippen LogP contribution in [0.3, 0.4) is 0 Å². The van der Waals surface area contributed by atoms with Gasteiger partial charge in [-0.25, -0.2) is 8.42 Å². The summed E-state index contributed by atoms with van der Waals surface area (Å²) in [6.45, 7) is 3.48. The average Bonchev–Trinajstić information content (AvgIpc) is 2.97. The molecule has 0 bridgehead atoms. The fourth-order valence-electron chi connectivity index (χ4n) is 2.54. The molecule has 1 heterocycles. The summed E-state index contributed by atoms with van der Waals surface area (Å²) in [5.74, 6) is -0.770. The molecule has 6 nitrogen and oxygen atoms in total. The van der Waals surface area contributed by atoms with Gasteiger partial charge in [0.25, 0.3) is 5.91 Å². The standard InChI is InChI=1S/C16H22N2O4S/c1-12(2)23(21,22)17-16(20)14-9-6-10-18(14)15(19)11-13-7-4-3-5-8-13/h3-5,7-8,12,14H,6,9-11H2,1-2H3,(H,17,20)/t14-/m1/s1. The molecule has 1 aromatic carbocycles. The lowest BCUT2D eigenvalue weighted by molar-refractivity contribution is -0.137. The Morgan fingerprint density at radius 2 is 1.91 bits per heavy atom. The normalized spacial score (nSPS) is 18.2. The van der Waals surface area contributed by atoms with E-state index in [0.29, 0.717) is 19.4 Å². The summed E-state index contributed by atoms with van der Waals surface area (Å²) in [7, 11) is -3.68. The van der Waals surface area contributed by atoms with Crippen LogP contribution in [0.1, 0.15) is 32.3 Å². The van der Waals surface area contributed by atoms with E-state index in [4.69, 9.17) is 0 Å². The fraction of sp³-hybridized carbons (Fsp3) is 0.500. The first-order valence-electron chi connectivity index (χ1n) is 7.70. The average molecular weight is 338 g/mol. The summed E-state index contributed by atoms with van der Waals surface area (Å²) in [5, 5.41) is -0.693. The molecular weight excluding hydrogens is 316 g/mol. The van der Waals surface area contributed by atoms with Gasteiger partial charge in [0, 0.05) is 6.54 Å². The SMILES string of the molecule is CC(C)S(=O)(=O)NC(=O)[C@H]1CCCN1C(=O)Cc1ccccc1. The number of carbonyl (C=O) groups excluding carboxylic acids is 2. The first-order valence-corrected chi connectivity index (χ1v) is 9.25. The molecular formula is C16H22N2O4S. The molecule has 2 rings (SSSR count). The molecule has 2 amide bonds. The molecule has 1 atom stereocenters. The first kappa shape index (κ1) is 17.5. The lowest BCUT2D eigenvalue weighted by Crippen LogP contribution is -2.49. The molecule has 1 saturated heterocycles. The number of nitrogens with zero attached hydrogens (tertiary/aromatic N) is 1. The van der Waals surface area contributed by atoms with Gasteiger partial charge in [-0.3, -0.25) is 14.3 Å². The van der Waals surface area contributed by atoms with Crippen molar-refractivity contribution in [1.82, 2.24) is 9.62 Å². The van der Waals surface area contributed by atoms with Gasteiger partial charge in [0.15, 0.2) is 0 Å². The van der Waals surface area contributed by atoms with Crippen molar-refractivity contribution in [1.29, 1.82) is 0 Å². The van der Waals surface area contributed by atoms with Gasteiger partial charge in [-0.15, -0.1) is 0 Å². The van der Waals surface area contributed by atoms with E-state index in [9.17, 15) is 18.0 Å². The number of sulfonamides is 1. The number of hydrogen-bond donors (Lipinski definition) is 1. The van der Waals surface area contributed by atoms with Crippen LogP contribution in [0.25, 0.3) is 0 Å². The van der Waals surface area contributed by atoms with Crippen molar-refractivity contribution in [2.24, 2.45) is 0 Å². The lowest BCUT2D eigenvalue weighted by Gasteiger charge is -2.24. The van der Waals surface area contributed by atoms with Crippen LogP contribution in [0.2, 0.25) is 0 Å². The summed E-state index contributed by atoms with van der Waals surface area (Å²) >= 11 is 0. The summed E-state index contributed by atoms with van der Waals surface area (Å²) in [6, 6.07) is 8.58. The van der Waals surface area contributed by atoms with E-state index in [-0.39, 0.29) is 12.3 Å². The molecule has 1 aromatic rings. The lowest BCUT2D eigenvalue weighted by atomic mass is 10.1. The maximum absolute atomic E-state index is 12.4. The first-order chi connectivity index (χ1) is 10.8. The van der Waals surface area contributed by atoms with E-state index in [1.807, 2.05) is 30.3 Å². The Labute approximate surface area is 136 Å². The molecule has 1 aliphatic heterocycles. The second kappa shape index (κ2) is 7.12. The second-order valence-corrected chi connectivity index (χ2v) is 8.20. The third-order valence-electron chi connectivity index (χ3n) is 3.94. The van der Waals surface area contributed by atoms with Crippen molar-refractivity contribution in [3.8, 4) is 0 Å². The highest BCUT2D eigenvalue weighted by Crippen LogP contribution is 2.19. The highest BCUT2D eigenvalue weighted by molar-refractivity contribution is 7.90. The number of benzene rings is 1. The molecule has 0 aliphatic carbocycles. The minimum absolute atomic E-state index is 0.157. The molecule has 1 fully saturated rings. The Balaban J connectivity index is 2.05. The highest BCUT2D eigenvalue weighted by Gasteiger charge is 2.35. The van der Waals surface area contributed by atoms with Crippen molar-refractivity contribution in [3.63, 3.8) is 0 Å². The molecule has 1 N–H and O–H groups in total. The Morgan fingerprint density at radius 3 is 2.52 bits per heavy atom. The maximum atomic E-state index is 12.4. The van der Waals surface area contributed by atoms with Crippen molar-refractivity contribution in [2.75, 3.05) is 6.54 Å². The van der Waals surface area contributed by atoms with Crippen LogP contribution in [-0.2, 0) is 26.0 Å². The predicted octanol–water partition coefficient (Wildman–Crippen LogP) is 1.07. The topological polar surface area (TPSA) is 83.6 Å². The van der Waals surface area contributed by atoms with E-state index in [2.05, 4.69) is 4.72 Å². The van der Waals surface area contributed by atoms with Gasteiger partial charge in [-0.2, -0.15) is 0 Å². The molecule has 0 radical (unpaired) electrons. The number of rotatable bonds is 5. The monoisotopic (exact) mass is 338 g/mol. The quantitative estimate of drug-likeness (QED) is 0.870. The number of likely N-dealkylation sites (tertiary alicyclic amines) is 1. The van der Waals surface area contributed by atoms with E-state index < -0.39 is 27.2 Å². The third kappa shape index (κ3) is 4.31. The van der Waals surface area contributed by atoms with Crippen molar-refractivity contribution in [3.05, 3.63) is 35.9 Å². The van der Waals surface area contributed by atoms with Crippen LogP contribution in [0.15, 0.2) is 30.3 Å². The molecule has 1 aliphatic rings. The van der Waals surface area contributed by atoms with Crippen molar-refractivity contribution < 1.29 is 18.0 Å². The van der Waals surface area contributed by atoms with Gasteiger partial charge in [-0.1, -0.05) is 30.3 Å². The molecule has 0 spiro atoms. The molecule has 0 saturated carbocycles. The molecule has 0 unspecified atom stereocenters. The van der Waals surface area contributed by atoms with Gasteiger partial charge in [-0.05, 0) is 32.3 Å². The van der Waals surface area contributed by atoms with Crippen LogP contribution in [0.5, 0.6) is 0 Å². The summed E-state index contributed by atoms with van der Waals surface area (Å²) in [4.78, 5) is 26.2. The van der Waals surface area contributed by atoms with Gasteiger partial charge in [0.05, 0.1) is 11.7 Å². The Kier molecular flexibility index (Phi) is 5.41. The zero-order valence-corrected chi connectivity index (χ0v) is 14.2. The van der Waals surface area contributed by atoms with Gasteiger partial charge in [0.1, 0.15) is 6.04 Å². The van der Waals surface area contributed by atoms with Crippen LogP contribution in [0.4, 0.5) is 0 Å². The minimum atomic E-state index is -3.68. The molecule has 23 heavy (non-hydrogen) atoms. The largest absolute Gasteiger partial charge is 0.330 e. The number of nitrogens with one attached hydrogen (secondary N) is 1. The van der Waals surface area contributed by atoms with Crippen LogP contribution < -0.4 is 4.72 Å². The third-order valence-corrected chi connectivity index (χ3v) is 5.66. The van der Waals surface area contributed by atoms with Crippen molar-refractivity contribution in [2.45, 2.75) is 44.4 Å². The molecule has 0 aromatic heterocycles.